The number of nitrogens with one attached hydrogen (secondary N) is 1. The van der Waals surface area contributed by atoms with Gasteiger partial charge in [-0.25, -0.2) is 8.78 Å². The Bertz CT molecular complexity index is 681. The number of pyridine rings is 1. The van der Waals surface area contributed by atoms with E-state index in [9.17, 15) is 18.4 Å². The van der Waals surface area contributed by atoms with Gasteiger partial charge in [0, 0.05) is 25.2 Å². The second-order valence-corrected chi connectivity index (χ2v) is 6.75. The maximum atomic E-state index is 13.6. The third kappa shape index (κ3) is 3.36. The van der Waals surface area contributed by atoms with Gasteiger partial charge in [0.1, 0.15) is 5.56 Å². The van der Waals surface area contributed by atoms with Crippen molar-refractivity contribution in [1.29, 1.82) is 0 Å². The highest BCUT2D eigenvalue weighted by atomic mass is 19.3. The Morgan fingerprint density at radius 1 is 1.33 bits per heavy atom. The van der Waals surface area contributed by atoms with Crippen LogP contribution in [0, 0.1) is 6.92 Å². The molecule has 1 aromatic rings. The molecule has 1 aromatic heterocycles. The molecule has 2 saturated heterocycles. The molecule has 7 heteroatoms. The average Bonchev–Trinajstić information content (AvgIpc) is 2.54. The normalized spacial score (nSPS) is 21.7. The van der Waals surface area contributed by atoms with Crippen LogP contribution in [0.3, 0.4) is 0 Å². The van der Waals surface area contributed by atoms with Crippen LogP contribution in [-0.2, 0) is 0 Å². The number of rotatable bonds is 2. The lowest BCUT2D eigenvalue weighted by Gasteiger charge is -2.33. The number of nitrogens with zero attached hydrogens (tertiary/aromatic N) is 2. The van der Waals surface area contributed by atoms with E-state index in [1.165, 1.54) is 0 Å². The highest BCUT2D eigenvalue weighted by Gasteiger charge is 2.38. The minimum atomic E-state index is -2.87. The smallest absolute Gasteiger partial charge is 0.265 e. The lowest BCUT2D eigenvalue weighted by Crippen LogP contribution is -2.48. The third-order valence-electron chi connectivity index (χ3n) is 4.92. The van der Waals surface area contributed by atoms with Gasteiger partial charge in [0.25, 0.3) is 17.4 Å². The molecule has 0 aliphatic carbocycles. The summed E-state index contributed by atoms with van der Waals surface area (Å²) < 4.78 is 28.8. The molecule has 2 aliphatic heterocycles. The molecule has 0 radical (unpaired) electrons. The molecule has 0 aromatic carbocycles. The summed E-state index contributed by atoms with van der Waals surface area (Å²) in [5.74, 6) is -3.44. The molecule has 0 atom stereocenters. The summed E-state index contributed by atoms with van der Waals surface area (Å²) >= 11 is 0. The van der Waals surface area contributed by atoms with E-state index in [4.69, 9.17) is 0 Å². The molecule has 1 amide bonds. The van der Waals surface area contributed by atoms with Gasteiger partial charge in [-0.3, -0.25) is 9.59 Å². The summed E-state index contributed by atoms with van der Waals surface area (Å²) in [5.41, 5.74) is 0.221. The Labute approximate surface area is 139 Å². The zero-order valence-corrected chi connectivity index (χ0v) is 13.9. The van der Waals surface area contributed by atoms with Crippen molar-refractivity contribution in [1.82, 2.24) is 14.8 Å². The molecule has 5 nitrogen and oxygen atoms in total. The van der Waals surface area contributed by atoms with Gasteiger partial charge in [0.05, 0.1) is 6.54 Å². The number of likely N-dealkylation sites (tertiary alicyclic amines) is 1. The van der Waals surface area contributed by atoms with Crippen molar-refractivity contribution in [3.05, 3.63) is 33.7 Å². The molecule has 0 spiro atoms. The number of halogens is 2. The summed E-state index contributed by atoms with van der Waals surface area (Å²) in [6.07, 6.45) is 3.41. The number of alkyl halides is 2. The standard InChI is InChI=1S/C17H23F2N3O2/c1-12-5-10-22(13-3-7-20-8-4-13)16(24)14(12)15(23)21-9-2-6-17(18,19)11-21/h5,10,13,20H,2-4,6-9,11H2,1H3. The number of amides is 1. The minimum Gasteiger partial charge on any atom is -0.332 e. The fraction of sp³-hybridized carbons (Fsp3) is 0.647. The van der Waals surface area contributed by atoms with Crippen LogP contribution < -0.4 is 10.9 Å². The number of hydrogen-bond donors (Lipinski definition) is 1. The predicted octanol–water partition coefficient (Wildman–Crippen LogP) is 1.95. The van der Waals surface area contributed by atoms with Gasteiger partial charge < -0.3 is 14.8 Å². The van der Waals surface area contributed by atoms with Crippen LogP contribution in [0.2, 0.25) is 0 Å². The van der Waals surface area contributed by atoms with Crippen LogP contribution in [0.4, 0.5) is 8.78 Å². The van der Waals surface area contributed by atoms with Gasteiger partial charge in [-0.15, -0.1) is 0 Å². The second kappa shape index (κ2) is 6.63. The molecular formula is C17H23F2N3O2. The lowest BCUT2D eigenvalue weighted by molar-refractivity contribution is -0.0561. The maximum absolute atomic E-state index is 13.6. The van der Waals surface area contributed by atoms with E-state index >= 15 is 0 Å². The quantitative estimate of drug-likeness (QED) is 0.896. The molecular weight excluding hydrogens is 316 g/mol. The lowest BCUT2D eigenvalue weighted by atomic mass is 10.0. The van der Waals surface area contributed by atoms with E-state index in [2.05, 4.69) is 5.32 Å². The molecule has 2 fully saturated rings. The summed E-state index contributed by atoms with van der Waals surface area (Å²) in [6, 6.07) is 1.78. The van der Waals surface area contributed by atoms with Crippen LogP contribution in [0.5, 0.6) is 0 Å². The predicted molar refractivity (Wildman–Crippen MR) is 86.7 cm³/mol. The van der Waals surface area contributed by atoms with Crippen LogP contribution in [0.15, 0.2) is 17.1 Å². The summed E-state index contributed by atoms with van der Waals surface area (Å²) in [6.45, 7) is 3.01. The molecule has 3 heterocycles. The molecule has 2 aliphatic rings. The van der Waals surface area contributed by atoms with E-state index in [0.717, 1.165) is 30.8 Å². The molecule has 132 valence electrons. The van der Waals surface area contributed by atoms with Gasteiger partial charge >= 0.3 is 0 Å². The van der Waals surface area contributed by atoms with Crippen LogP contribution in [-0.4, -0.2) is 47.5 Å². The van der Waals surface area contributed by atoms with E-state index in [0.29, 0.717) is 5.56 Å². The van der Waals surface area contributed by atoms with Crippen molar-refractivity contribution in [2.45, 2.75) is 44.6 Å². The van der Waals surface area contributed by atoms with Crippen LogP contribution in [0.25, 0.3) is 0 Å². The maximum Gasteiger partial charge on any atom is 0.265 e. The van der Waals surface area contributed by atoms with E-state index in [1.807, 2.05) is 0 Å². The first-order valence-corrected chi connectivity index (χ1v) is 8.48. The van der Waals surface area contributed by atoms with Gasteiger partial charge in [0.2, 0.25) is 0 Å². The van der Waals surface area contributed by atoms with Crippen molar-refractivity contribution in [3.63, 3.8) is 0 Å². The second-order valence-electron chi connectivity index (χ2n) is 6.75. The molecule has 0 bridgehead atoms. The van der Waals surface area contributed by atoms with Crippen LogP contribution >= 0.6 is 0 Å². The number of aromatic nitrogens is 1. The SMILES string of the molecule is Cc1ccn(C2CCNCC2)c(=O)c1C(=O)N1CCCC(F)(F)C1. The monoisotopic (exact) mass is 339 g/mol. The van der Waals surface area contributed by atoms with Gasteiger partial charge in [-0.2, -0.15) is 0 Å². The van der Waals surface area contributed by atoms with Crippen molar-refractivity contribution < 1.29 is 13.6 Å². The summed E-state index contributed by atoms with van der Waals surface area (Å²) in [4.78, 5) is 26.7. The number of piperidine rings is 2. The van der Waals surface area contributed by atoms with Crippen molar-refractivity contribution in [2.24, 2.45) is 0 Å². The molecule has 0 unspecified atom stereocenters. The number of carbonyl (C=O) groups is 1. The highest BCUT2D eigenvalue weighted by Crippen LogP contribution is 2.27. The first kappa shape index (κ1) is 17.1. The van der Waals surface area contributed by atoms with Crippen molar-refractivity contribution in [3.8, 4) is 0 Å². The Kier molecular flexibility index (Phi) is 4.71. The van der Waals surface area contributed by atoms with E-state index in [-0.39, 0.29) is 36.6 Å². The topological polar surface area (TPSA) is 54.3 Å². The zero-order valence-electron chi connectivity index (χ0n) is 13.9. The fourth-order valence-electron chi connectivity index (χ4n) is 3.57. The van der Waals surface area contributed by atoms with Crippen molar-refractivity contribution >= 4 is 5.91 Å². The van der Waals surface area contributed by atoms with Crippen molar-refractivity contribution in [2.75, 3.05) is 26.2 Å². The summed E-state index contributed by atoms with van der Waals surface area (Å²) in [5, 5.41) is 3.24. The Morgan fingerprint density at radius 3 is 2.71 bits per heavy atom. The molecule has 24 heavy (non-hydrogen) atoms. The van der Waals surface area contributed by atoms with Gasteiger partial charge in [0.15, 0.2) is 0 Å². The van der Waals surface area contributed by atoms with Gasteiger partial charge in [-0.1, -0.05) is 0 Å². The number of carbonyl (C=O) groups excluding carboxylic acids is 1. The highest BCUT2D eigenvalue weighted by molar-refractivity contribution is 5.95. The minimum absolute atomic E-state index is 0.0359. The van der Waals surface area contributed by atoms with E-state index in [1.54, 1.807) is 23.8 Å². The van der Waals surface area contributed by atoms with E-state index < -0.39 is 18.4 Å². The van der Waals surface area contributed by atoms with Crippen LogP contribution in [0.1, 0.15) is 47.6 Å². The largest absolute Gasteiger partial charge is 0.332 e. The molecule has 1 N–H and O–H groups in total. The molecule has 3 rings (SSSR count). The van der Waals surface area contributed by atoms with Gasteiger partial charge in [-0.05, 0) is 50.9 Å². The Balaban J connectivity index is 1.92. The zero-order chi connectivity index (χ0) is 17.3. The summed E-state index contributed by atoms with van der Waals surface area (Å²) in [7, 11) is 0. The average molecular weight is 339 g/mol. The first-order chi connectivity index (χ1) is 11.4. The number of aryl methyl sites for hydroxylation is 1. The third-order valence-corrected chi connectivity index (χ3v) is 4.92. The fourth-order valence-corrected chi connectivity index (χ4v) is 3.57. The Morgan fingerprint density at radius 2 is 2.04 bits per heavy atom. The Hall–Kier alpha value is -1.76. The number of hydrogen-bond acceptors (Lipinski definition) is 3. The first-order valence-electron chi connectivity index (χ1n) is 8.48. The molecule has 0 saturated carbocycles.